The molecule has 7 rings (SSSR count). The summed E-state index contributed by atoms with van der Waals surface area (Å²) in [5.41, 5.74) is 10.1. The molecule has 3 aliphatic rings. The lowest BCUT2D eigenvalue weighted by Gasteiger charge is -2.34. The largest absolute Gasteiger partial charge is 0.507 e. The second-order valence-electron chi connectivity index (χ2n) is 19.4. The Labute approximate surface area is 347 Å². The van der Waals surface area contributed by atoms with Crippen molar-refractivity contribution < 1.29 is 20.4 Å². The van der Waals surface area contributed by atoms with E-state index in [0.717, 1.165) is 145 Å². The number of fused-ring (bicyclic) bond motifs is 8. The molecule has 2 aliphatic heterocycles. The van der Waals surface area contributed by atoms with Crippen LogP contribution in [-0.2, 0) is 49.6 Å². The fourth-order valence-electron chi connectivity index (χ4n) is 9.18. The van der Waals surface area contributed by atoms with Crippen molar-refractivity contribution >= 4 is 0 Å². The van der Waals surface area contributed by atoms with Gasteiger partial charge in [0.15, 0.2) is 0 Å². The number of phenolic OH excluding ortho intramolecular Hbond substituents is 4. The quantitative estimate of drug-likeness (QED) is 0.138. The van der Waals surface area contributed by atoms with Crippen LogP contribution in [0.1, 0.15) is 122 Å². The summed E-state index contributed by atoms with van der Waals surface area (Å²) in [5.74, 6) is 0.843. The first-order chi connectivity index (χ1) is 27.5. The van der Waals surface area contributed by atoms with Gasteiger partial charge in [-0.15, -0.1) is 0 Å². The first-order valence-electron chi connectivity index (χ1n) is 21.8. The molecule has 8 heteroatoms. The minimum Gasteiger partial charge on any atom is -0.507 e. The third kappa shape index (κ3) is 9.36. The van der Waals surface area contributed by atoms with Crippen LogP contribution in [0.5, 0.6) is 23.0 Å². The van der Waals surface area contributed by atoms with Crippen LogP contribution in [-0.4, -0.2) is 105 Å². The molecule has 0 amide bonds. The van der Waals surface area contributed by atoms with Gasteiger partial charge in [-0.25, -0.2) is 0 Å². The number of benzene rings is 4. The van der Waals surface area contributed by atoms with Crippen LogP contribution in [0.25, 0.3) is 0 Å². The Morgan fingerprint density at radius 2 is 0.603 bits per heavy atom. The van der Waals surface area contributed by atoms with Crippen LogP contribution in [0.3, 0.4) is 0 Å². The number of rotatable bonds is 6. The standard InChI is InChI=1S/C50H68N4O4/c1-9-51-11-15-53(16-12-51)31-33-19-35-23-39-27-43(49(3,4)5)29-41(47(39)57)25-37-21-34(32-54-17-13-52(10-2)14-18-54)22-38(46(37)56)26-42-30-44(50(6,7)8)28-40(48(42)58)24-36(20-33)45(35)55/h19-22,27-30,55-58H,9-18,23-26,31-32H2,1-8H3. The highest BCUT2D eigenvalue weighted by molar-refractivity contribution is 5.58. The second kappa shape index (κ2) is 16.9. The van der Waals surface area contributed by atoms with Gasteiger partial charge in [0.25, 0.3) is 0 Å². The summed E-state index contributed by atoms with van der Waals surface area (Å²) in [6.07, 6.45) is 1.39. The molecule has 0 atom stereocenters. The van der Waals surface area contributed by atoms with Crippen molar-refractivity contribution in [1.82, 2.24) is 19.6 Å². The molecule has 1 aliphatic carbocycles. The maximum atomic E-state index is 12.2. The normalized spacial score (nSPS) is 17.8. The Morgan fingerprint density at radius 1 is 0.379 bits per heavy atom. The summed E-state index contributed by atoms with van der Waals surface area (Å²) in [7, 11) is 0. The van der Waals surface area contributed by atoms with E-state index in [4.69, 9.17) is 0 Å². The van der Waals surface area contributed by atoms with E-state index >= 15 is 0 Å². The fourth-order valence-corrected chi connectivity index (χ4v) is 9.18. The molecule has 0 aromatic heterocycles. The molecule has 4 aromatic rings. The highest BCUT2D eigenvalue weighted by atomic mass is 16.3. The minimum absolute atomic E-state index is 0.200. The van der Waals surface area contributed by atoms with Crippen LogP contribution in [0.4, 0.5) is 0 Å². The summed E-state index contributed by atoms with van der Waals surface area (Å²) < 4.78 is 0. The molecule has 58 heavy (non-hydrogen) atoms. The van der Waals surface area contributed by atoms with Gasteiger partial charge in [0, 0.05) is 91.1 Å². The molecule has 0 saturated carbocycles. The summed E-state index contributed by atoms with van der Waals surface area (Å²) >= 11 is 0. The lowest BCUT2D eigenvalue weighted by atomic mass is 9.81. The van der Waals surface area contributed by atoms with E-state index in [2.05, 4.69) is 124 Å². The predicted octanol–water partition coefficient (Wildman–Crippen LogP) is 8.06. The van der Waals surface area contributed by atoms with Crippen LogP contribution < -0.4 is 0 Å². The minimum atomic E-state index is -0.200. The molecule has 0 unspecified atom stereocenters. The molecule has 4 aromatic carbocycles. The van der Waals surface area contributed by atoms with E-state index < -0.39 is 0 Å². The second-order valence-corrected chi connectivity index (χ2v) is 19.4. The van der Waals surface area contributed by atoms with Gasteiger partial charge in [0.2, 0.25) is 0 Å². The molecule has 8 nitrogen and oxygen atoms in total. The van der Waals surface area contributed by atoms with Gasteiger partial charge < -0.3 is 30.2 Å². The number of aromatic hydroxyl groups is 4. The molecule has 2 heterocycles. The first kappa shape index (κ1) is 42.1. The predicted molar refractivity (Wildman–Crippen MR) is 236 cm³/mol. The SMILES string of the molecule is CCN1CCN(Cc2cc3c(O)c(c2)Cc2cc(C(C)(C)C)cc(c2O)Cc2cc(CN4CCN(CC)CC4)cc(c2O)Cc2cc(C(C)(C)C)cc(c2O)C3)CC1. The molecule has 312 valence electrons. The number of phenols is 4. The molecule has 0 radical (unpaired) electrons. The number of hydrogen-bond donors (Lipinski definition) is 4. The molecule has 0 spiro atoms. The third-order valence-electron chi connectivity index (χ3n) is 13.1. The lowest BCUT2D eigenvalue weighted by Crippen LogP contribution is -2.45. The van der Waals surface area contributed by atoms with Gasteiger partial charge in [-0.1, -0.05) is 104 Å². The number of piperazine rings is 2. The van der Waals surface area contributed by atoms with Gasteiger partial charge in [-0.2, -0.15) is 0 Å². The maximum Gasteiger partial charge on any atom is 0.122 e. The van der Waals surface area contributed by atoms with Crippen molar-refractivity contribution in [3.63, 3.8) is 0 Å². The van der Waals surface area contributed by atoms with Crippen LogP contribution in [0.15, 0.2) is 48.5 Å². The van der Waals surface area contributed by atoms with Crippen LogP contribution >= 0.6 is 0 Å². The number of hydrogen-bond acceptors (Lipinski definition) is 8. The van der Waals surface area contributed by atoms with Crippen molar-refractivity contribution in [1.29, 1.82) is 0 Å². The molecule has 2 fully saturated rings. The van der Waals surface area contributed by atoms with Crippen LogP contribution in [0.2, 0.25) is 0 Å². The van der Waals surface area contributed by atoms with Crippen molar-refractivity contribution in [2.75, 3.05) is 65.4 Å². The lowest BCUT2D eigenvalue weighted by molar-refractivity contribution is 0.132. The van der Waals surface area contributed by atoms with E-state index in [-0.39, 0.29) is 33.8 Å². The van der Waals surface area contributed by atoms with Gasteiger partial charge >= 0.3 is 0 Å². The zero-order valence-corrected chi connectivity index (χ0v) is 36.5. The van der Waals surface area contributed by atoms with Crippen molar-refractivity contribution in [3.8, 4) is 23.0 Å². The summed E-state index contributed by atoms with van der Waals surface area (Å²) in [4.78, 5) is 9.94. The first-order valence-corrected chi connectivity index (χ1v) is 21.8. The zero-order chi connectivity index (χ0) is 41.5. The highest BCUT2D eigenvalue weighted by Crippen LogP contribution is 2.41. The van der Waals surface area contributed by atoms with E-state index in [0.29, 0.717) is 25.7 Å². The topological polar surface area (TPSA) is 93.9 Å². The fraction of sp³-hybridized carbons (Fsp3) is 0.520. The third-order valence-corrected chi connectivity index (χ3v) is 13.1. The van der Waals surface area contributed by atoms with E-state index in [1.54, 1.807) is 0 Å². The molecule has 4 N–H and O–H groups in total. The Kier molecular flexibility index (Phi) is 12.2. The highest BCUT2D eigenvalue weighted by Gasteiger charge is 2.26. The monoisotopic (exact) mass is 789 g/mol. The summed E-state index contributed by atoms with van der Waals surface area (Å²) in [6, 6.07) is 16.9. The maximum absolute atomic E-state index is 12.2. The van der Waals surface area contributed by atoms with Crippen LogP contribution in [0, 0.1) is 0 Å². The van der Waals surface area contributed by atoms with E-state index in [1.165, 1.54) is 0 Å². The van der Waals surface area contributed by atoms with Gasteiger partial charge in [0.1, 0.15) is 23.0 Å². The van der Waals surface area contributed by atoms with E-state index in [9.17, 15) is 20.4 Å². The smallest absolute Gasteiger partial charge is 0.122 e. The van der Waals surface area contributed by atoms with Crippen molar-refractivity contribution in [2.24, 2.45) is 0 Å². The Hall–Kier alpha value is -4.08. The average molecular weight is 789 g/mol. The van der Waals surface area contributed by atoms with Gasteiger partial charge in [-0.05, 0) is 90.7 Å². The molecular weight excluding hydrogens is 721 g/mol. The molecule has 2 saturated heterocycles. The Bertz CT molecular complexity index is 1870. The zero-order valence-electron chi connectivity index (χ0n) is 36.5. The molecular formula is C50H68N4O4. The number of likely N-dealkylation sites (N-methyl/N-ethyl adjacent to an activating group) is 2. The van der Waals surface area contributed by atoms with Crippen molar-refractivity contribution in [3.05, 3.63) is 115 Å². The number of nitrogens with zero attached hydrogens (tertiary/aromatic N) is 4. The van der Waals surface area contributed by atoms with Crippen molar-refractivity contribution in [2.45, 2.75) is 105 Å². The Morgan fingerprint density at radius 3 is 0.828 bits per heavy atom. The van der Waals surface area contributed by atoms with E-state index in [1.807, 2.05) is 0 Å². The van der Waals surface area contributed by atoms with Gasteiger partial charge in [0.05, 0.1) is 0 Å². The summed E-state index contributed by atoms with van der Waals surface area (Å²) in [5, 5.41) is 48.7. The Balaban J connectivity index is 1.40. The van der Waals surface area contributed by atoms with Gasteiger partial charge in [-0.3, -0.25) is 9.80 Å². The molecule has 8 bridgehead atoms. The average Bonchev–Trinajstić information content (AvgIpc) is 3.17. The summed E-state index contributed by atoms with van der Waals surface area (Å²) in [6.45, 7) is 29.3.